The molecule has 86 valence electrons. The number of aliphatic carboxylic acids is 1. The highest BCUT2D eigenvalue weighted by molar-refractivity contribution is 5.70. The zero-order valence-electron chi connectivity index (χ0n) is 8.94. The van der Waals surface area contributed by atoms with Crippen LogP contribution < -0.4 is 4.74 Å². The van der Waals surface area contributed by atoms with Crippen molar-refractivity contribution in [2.75, 3.05) is 6.61 Å². The van der Waals surface area contributed by atoms with Crippen LogP contribution in [0, 0.1) is 5.82 Å². The largest absolute Gasteiger partial charge is 0.494 e. The highest BCUT2D eigenvalue weighted by atomic mass is 19.1. The van der Waals surface area contributed by atoms with Crippen molar-refractivity contribution in [3.05, 3.63) is 35.7 Å². The number of halogens is 1. The summed E-state index contributed by atoms with van der Waals surface area (Å²) in [7, 11) is 0. The summed E-state index contributed by atoms with van der Waals surface area (Å²) in [5.41, 5.74) is 0.588. The van der Waals surface area contributed by atoms with Crippen LogP contribution in [0.5, 0.6) is 5.75 Å². The highest BCUT2D eigenvalue weighted by Crippen LogP contribution is 2.17. The summed E-state index contributed by atoms with van der Waals surface area (Å²) in [6.07, 6.45) is 2.94. The third-order valence-corrected chi connectivity index (χ3v) is 1.81. The zero-order chi connectivity index (χ0) is 12.0. The lowest BCUT2D eigenvalue weighted by molar-refractivity contribution is -0.135. The molecule has 0 atom stereocenters. The van der Waals surface area contributed by atoms with Gasteiger partial charge in [-0.25, -0.2) is 4.39 Å². The second-order valence-electron chi connectivity index (χ2n) is 3.15. The molecule has 16 heavy (non-hydrogen) atoms. The predicted molar refractivity (Wildman–Crippen MR) is 58.9 cm³/mol. The second-order valence-corrected chi connectivity index (χ2v) is 3.15. The Bertz CT molecular complexity index is 399. The standard InChI is InChI=1S/C12H13FO3/c1-2-16-11-7-9(6-10(13)8-11)4-3-5-12(14)15/h3-4,6-8H,2,5H2,1H3,(H,14,15). The molecule has 0 bridgehead atoms. The van der Waals surface area contributed by atoms with Crippen LogP contribution in [0.4, 0.5) is 4.39 Å². The number of carbonyl (C=O) groups is 1. The van der Waals surface area contributed by atoms with Gasteiger partial charge in [-0.3, -0.25) is 4.79 Å². The molecular formula is C12H13FO3. The van der Waals surface area contributed by atoms with Crippen LogP contribution in [0.25, 0.3) is 6.08 Å². The molecule has 3 nitrogen and oxygen atoms in total. The SMILES string of the molecule is CCOc1cc(F)cc(C=CCC(=O)O)c1. The highest BCUT2D eigenvalue weighted by Gasteiger charge is 1.99. The van der Waals surface area contributed by atoms with E-state index in [1.165, 1.54) is 18.2 Å². The first-order valence-electron chi connectivity index (χ1n) is 4.93. The number of benzene rings is 1. The van der Waals surface area contributed by atoms with Gasteiger partial charge in [0.15, 0.2) is 0 Å². The van der Waals surface area contributed by atoms with Gasteiger partial charge in [0.1, 0.15) is 11.6 Å². The van der Waals surface area contributed by atoms with E-state index < -0.39 is 11.8 Å². The number of ether oxygens (including phenoxy) is 1. The van der Waals surface area contributed by atoms with Crippen LogP contribution in [0.2, 0.25) is 0 Å². The van der Waals surface area contributed by atoms with E-state index >= 15 is 0 Å². The van der Waals surface area contributed by atoms with Gasteiger partial charge in [0.2, 0.25) is 0 Å². The van der Waals surface area contributed by atoms with Gasteiger partial charge in [0, 0.05) is 6.07 Å². The quantitative estimate of drug-likeness (QED) is 0.836. The molecule has 4 heteroatoms. The van der Waals surface area contributed by atoms with Crippen molar-refractivity contribution in [2.45, 2.75) is 13.3 Å². The van der Waals surface area contributed by atoms with Crippen LogP contribution in [-0.2, 0) is 4.79 Å². The van der Waals surface area contributed by atoms with Gasteiger partial charge < -0.3 is 9.84 Å². The van der Waals surface area contributed by atoms with Gasteiger partial charge in [0.05, 0.1) is 13.0 Å². The van der Waals surface area contributed by atoms with Gasteiger partial charge in [-0.05, 0) is 24.6 Å². The molecule has 0 aromatic heterocycles. The van der Waals surface area contributed by atoms with Crippen LogP contribution in [0.1, 0.15) is 18.9 Å². The minimum absolute atomic E-state index is 0.0829. The third kappa shape index (κ3) is 4.13. The average molecular weight is 224 g/mol. The molecule has 0 unspecified atom stereocenters. The van der Waals surface area contributed by atoms with Crippen molar-refractivity contribution in [2.24, 2.45) is 0 Å². The van der Waals surface area contributed by atoms with Crippen molar-refractivity contribution < 1.29 is 19.0 Å². The molecule has 0 aliphatic heterocycles. The van der Waals surface area contributed by atoms with Crippen LogP contribution in [0.3, 0.4) is 0 Å². The minimum Gasteiger partial charge on any atom is -0.494 e. The van der Waals surface area contributed by atoms with E-state index in [1.54, 1.807) is 12.1 Å². The lowest BCUT2D eigenvalue weighted by Gasteiger charge is -2.04. The topological polar surface area (TPSA) is 46.5 Å². The molecule has 0 saturated carbocycles. The maximum absolute atomic E-state index is 13.1. The van der Waals surface area contributed by atoms with Gasteiger partial charge in [-0.15, -0.1) is 0 Å². The fourth-order valence-corrected chi connectivity index (χ4v) is 1.23. The Hall–Kier alpha value is -1.84. The molecule has 1 rings (SSSR count). The fourth-order valence-electron chi connectivity index (χ4n) is 1.23. The molecular weight excluding hydrogens is 211 g/mol. The summed E-state index contributed by atoms with van der Waals surface area (Å²) in [5, 5.41) is 8.43. The number of rotatable bonds is 5. The average Bonchev–Trinajstić information content (AvgIpc) is 2.16. The first-order chi connectivity index (χ1) is 7.61. The van der Waals surface area contributed by atoms with Crippen molar-refractivity contribution >= 4 is 12.0 Å². The minimum atomic E-state index is -0.919. The Labute approximate surface area is 93.2 Å². The number of carboxylic acids is 1. The summed E-state index contributed by atoms with van der Waals surface area (Å²) in [5.74, 6) is -0.879. The monoisotopic (exact) mass is 224 g/mol. The van der Waals surface area contributed by atoms with E-state index in [1.807, 2.05) is 6.92 Å². The molecule has 0 amide bonds. The summed E-state index contributed by atoms with van der Waals surface area (Å²) in [6.45, 7) is 2.27. The molecule has 0 saturated heterocycles. The van der Waals surface area contributed by atoms with Crippen molar-refractivity contribution in [3.63, 3.8) is 0 Å². The molecule has 0 heterocycles. The van der Waals surface area contributed by atoms with Crippen LogP contribution >= 0.6 is 0 Å². The van der Waals surface area contributed by atoms with E-state index in [-0.39, 0.29) is 6.42 Å². The molecule has 0 spiro atoms. The van der Waals surface area contributed by atoms with Gasteiger partial charge in [-0.1, -0.05) is 12.2 Å². The lowest BCUT2D eigenvalue weighted by Crippen LogP contribution is -1.93. The molecule has 1 N–H and O–H groups in total. The Morgan fingerprint density at radius 3 is 2.88 bits per heavy atom. The summed E-state index contributed by atoms with van der Waals surface area (Å²) >= 11 is 0. The van der Waals surface area contributed by atoms with Crippen molar-refractivity contribution in [3.8, 4) is 5.75 Å². The van der Waals surface area contributed by atoms with Gasteiger partial charge in [-0.2, -0.15) is 0 Å². The molecule has 1 aromatic rings. The molecule has 0 aliphatic rings. The van der Waals surface area contributed by atoms with E-state index in [0.29, 0.717) is 17.9 Å². The normalized spacial score (nSPS) is 10.6. The van der Waals surface area contributed by atoms with Gasteiger partial charge >= 0.3 is 5.97 Å². The summed E-state index contributed by atoms with van der Waals surface area (Å²) in [4.78, 5) is 10.3. The summed E-state index contributed by atoms with van der Waals surface area (Å²) in [6, 6.07) is 4.27. The number of hydrogen-bond donors (Lipinski definition) is 1. The second kappa shape index (κ2) is 5.90. The maximum atomic E-state index is 13.1. The smallest absolute Gasteiger partial charge is 0.307 e. The Morgan fingerprint density at radius 2 is 2.25 bits per heavy atom. The van der Waals surface area contributed by atoms with Crippen LogP contribution in [0.15, 0.2) is 24.3 Å². The van der Waals surface area contributed by atoms with Crippen molar-refractivity contribution in [1.29, 1.82) is 0 Å². The predicted octanol–water partition coefficient (Wildman–Crippen LogP) is 2.71. The van der Waals surface area contributed by atoms with Gasteiger partial charge in [0.25, 0.3) is 0 Å². The Balaban J connectivity index is 2.79. The van der Waals surface area contributed by atoms with E-state index in [4.69, 9.17) is 9.84 Å². The molecule has 0 radical (unpaired) electrons. The first kappa shape index (κ1) is 12.2. The first-order valence-corrected chi connectivity index (χ1v) is 4.93. The number of hydrogen-bond acceptors (Lipinski definition) is 2. The third-order valence-electron chi connectivity index (χ3n) is 1.81. The van der Waals surface area contributed by atoms with E-state index in [0.717, 1.165) is 0 Å². The molecule has 0 fully saturated rings. The van der Waals surface area contributed by atoms with E-state index in [2.05, 4.69) is 0 Å². The van der Waals surface area contributed by atoms with Crippen molar-refractivity contribution in [1.82, 2.24) is 0 Å². The fraction of sp³-hybridized carbons (Fsp3) is 0.250. The van der Waals surface area contributed by atoms with Crippen LogP contribution in [-0.4, -0.2) is 17.7 Å². The van der Waals surface area contributed by atoms with E-state index in [9.17, 15) is 9.18 Å². The summed E-state index contributed by atoms with van der Waals surface area (Å²) < 4.78 is 18.3. The number of carboxylic acid groups (broad SMARTS) is 1. The molecule has 1 aromatic carbocycles. The lowest BCUT2D eigenvalue weighted by atomic mass is 10.2. The Morgan fingerprint density at radius 1 is 1.50 bits per heavy atom. The molecule has 0 aliphatic carbocycles. The Kier molecular flexibility index (Phi) is 4.51. The maximum Gasteiger partial charge on any atom is 0.307 e. The zero-order valence-corrected chi connectivity index (χ0v) is 8.94.